The highest BCUT2D eigenvalue weighted by atomic mass is 32.2. The smallest absolute Gasteiger partial charge is 0.233 e. The quantitative estimate of drug-likeness (QED) is 0.700. The van der Waals surface area contributed by atoms with E-state index < -0.39 is 0 Å². The number of benzene rings is 1. The lowest BCUT2D eigenvalue weighted by Crippen LogP contribution is -2.30. The molecule has 0 radical (unpaired) electrons. The van der Waals surface area contributed by atoms with Crippen molar-refractivity contribution in [2.45, 2.75) is 43.6 Å². The molecule has 2 N–H and O–H groups in total. The highest BCUT2D eigenvalue weighted by Crippen LogP contribution is 2.27. The second-order valence-electron chi connectivity index (χ2n) is 5.83. The van der Waals surface area contributed by atoms with Crippen LogP contribution in [0.1, 0.15) is 38.1 Å². The van der Waals surface area contributed by atoms with Crippen LogP contribution in [0.5, 0.6) is 11.5 Å². The van der Waals surface area contributed by atoms with E-state index in [1.165, 1.54) is 11.8 Å². The average Bonchev–Trinajstić information content (AvgIpc) is 3.08. The SMILES string of the molecule is COc1ccc(CNC(=O)[C@H](C)Sc2n[nH]c(C(C)C)n2)cc1OC. The summed E-state index contributed by atoms with van der Waals surface area (Å²) in [4.78, 5) is 16.7. The van der Waals surface area contributed by atoms with E-state index in [1.807, 2.05) is 39.0 Å². The largest absolute Gasteiger partial charge is 0.493 e. The molecule has 2 rings (SSSR count). The van der Waals surface area contributed by atoms with E-state index in [1.54, 1.807) is 14.2 Å². The number of rotatable bonds is 8. The summed E-state index contributed by atoms with van der Waals surface area (Å²) in [5, 5.41) is 10.2. The molecule has 2 aromatic rings. The molecule has 0 fully saturated rings. The monoisotopic (exact) mass is 364 g/mol. The van der Waals surface area contributed by atoms with Crippen LogP contribution >= 0.6 is 11.8 Å². The number of hydrogen-bond acceptors (Lipinski definition) is 6. The summed E-state index contributed by atoms with van der Waals surface area (Å²) < 4.78 is 10.5. The van der Waals surface area contributed by atoms with Gasteiger partial charge in [0, 0.05) is 12.5 Å². The molecular weight excluding hydrogens is 340 g/mol. The normalized spacial score (nSPS) is 12.1. The molecule has 136 valence electrons. The fourth-order valence-corrected chi connectivity index (χ4v) is 2.86. The third kappa shape index (κ3) is 5.12. The third-order valence-corrected chi connectivity index (χ3v) is 4.56. The number of carbonyl (C=O) groups excluding carboxylic acids is 1. The number of nitrogens with one attached hydrogen (secondary N) is 2. The Bertz CT molecular complexity index is 718. The minimum absolute atomic E-state index is 0.0734. The minimum Gasteiger partial charge on any atom is -0.493 e. The number of carbonyl (C=O) groups is 1. The van der Waals surface area contributed by atoms with Crippen molar-refractivity contribution in [2.75, 3.05) is 14.2 Å². The molecule has 8 heteroatoms. The molecule has 0 bridgehead atoms. The Hall–Kier alpha value is -2.22. The van der Waals surface area contributed by atoms with Crippen molar-refractivity contribution in [3.63, 3.8) is 0 Å². The van der Waals surface area contributed by atoms with Crippen LogP contribution in [-0.4, -0.2) is 40.6 Å². The van der Waals surface area contributed by atoms with Gasteiger partial charge in [-0.25, -0.2) is 4.98 Å². The molecule has 0 aliphatic heterocycles. The summed E-state index contributed by atoms with van der Waals surface area (Å²) in [6.45, 7) is 6.32. The average molecular weight is 364 g/mol. The van der Waals surface area contributed by atoms with Gasteiger partial charge in [0.1, 0.15) is 5.82 Å². The van der Waals surface area contributed by atoms with Crippen LogP contribution in [-0.2, 0) is 11.3 Å². The summed E-state index contributed by atoms with van der Waals surface area (Å²) in [6.07, 6.45) is 0. The maximum atomic E-state index is 12.3. The minimum atomic E-state index is -0.295. The lowest BCUT2D eigenvalue weighted by Gasteiger charge is -2.12. The van der Waals surface area contributed by atoms with E-state index >= 15 is 0 Å². The molecule has 7 nitrogen and oxygen atoms in total. The van der Waals surface area contributed by atoms with Gasteiger partial charge in [-0.05, 0) is 24.6 Å². The Morgan fingerprint density at radius 2 is 1.96 bits per heavy atom. The molecular formula is C17H24N4O3S. The Balaban J connectivity index is 1.90. The zero-order valence-electron chi connectivity index (χ0n) is 15.1. The van der Waals surface area contributed by atoms with Crippen molar-refractivity contribution >= 4 is 17.7 Å². The first-order valence-corrected chi connectivity index (χ1v) is 8.90. The van der Waals surface area contributed by atoms with Crippen LogP contribution in [0.4, 0.5) is 0 Å². The summed E-state index contributed by atoms with van der Waals surface area (Å²) in [6, 6.07) is 5.56. The molecule has 0 aliphatic carbocycles. The zero-order chi connectivity index (χ0) is 18.4. The molecule has 1 aromatic carbocycles. The van der Waals surface area contributed by atoms with Crippen LogP contribution in [0, 0.1) is 0 Å². The molecule has 0 aliphatic rings. The molecule has 1 amide bonds. The topological polar surface area (TPSA) is 89.1 Å². The van der Waals surface area contributed by atoms with E-state index in [2.05, 4.69) is 20.5 Å². The van der Waals surface area contributed by atoms with Crippen molar-refractivity contribution in [1.29, 1.82) is 0 Å². The van der Waals surface area contributed by atoms with Gasteiger partial charge in [-0.1, -0.05) is 31.7 Å². The lowest BCUT2D eigenvalue weighted by atomic mass is 10.2. The van der Waals surface area contributed by atoms with E-state index in [0.29, 0.717) is 23.2 Å². The first kappa shape index (κ1) is 19.1. The Kier molecular flexibility index (Phi) is 6.69. The number of hydrogen-bond donors (Lipinski definition) is 2. The number of H-pyrrole nitrogens is 1. The number of ether oxygens (including phenoxy) is 2. The number of amides is 1. The van der Waals surface area contributed by atoms with Gasteiger partial charge in [0.2, 0.25) is 11.1 Å². The van der Waals surface area contributed by atoms with Crippen LogP contribution in [0.2, 0.25) is 0 Å². The van der Waals surface area contributed by atoms with Gasteiger partial charge < -0.3 is 14.8 Å². The first-order chi connectivity index (χ1) is 11.9. The third-order valence-electron chi connectivity index (χ3n) is 3.60. The van der Waals surface area contributed by atoms with Gasteiger partial charge in [0.05, 0.1) is 19.5 Å². The first-order valence-electron chi connectivity index (χ1n) is 8.02. The Morgan fingerprint density at radius 3 is 2.56 bits per heavy atom. The van der Waals surface area contributed by atoms with Gasteiger partial charge in [-0.15, -0.1) is 5.10 Å². The molecule has 0 saturated carbocycles. The summed E-state index contributed by atoms with van der Waals surface area (Å²) in [5.41, 5.74) is 0.934. The van der Waals surface area contributed by atoms with Crippen LogP contribution < -0.4 is 14.8 Å². The fourth-order valence-electron chi connectivity index (χ4n) is 2.10. The number of aromatic amines is 1. The maximum Gasteiger partial charge on any atom is 0.233 e. The van der Waals surface area contributed by atoms with Gasteiger partial charge >= 0.3 is 0 Å². The zero-order valence-corrected chi connectivity index (χ0v) is 15.9. The van der Waals surface area contributed by atoms with E-state index in [-0.39, 0.29) is 17.1 Å². The van der Waals surface area contributed by atoms with Gasteiger partial charge in [-0.2, -0.15) is 0 Å². The highest BCUT2D eigenvalue weighted by molar-refractivity contribution is 8.00. The van der Waals surface area contributed by atoms with Crippen LogP contribution in [0.25, 0.3) is 0 Å². The maximum absolute atomic E-state index is 12.3. The van der Waals surface area contributed by atoms with Gasteiger partial charge in [0.15, 0.2) is 11.5 Å². The Labute approximate surface area is 151 Å². The van der Waals surface area contributed by atoms with Crippen molar-refractivity contribution in [1.82, 2.24) is 20.5 Å². The number of thioether (sulfide) groups is 1. The van der Waals surface area contributed by atoms with E-state index in [0.717, 1.165) is 11.4 Å². The second-order valence-corrected chi connectivity index (χ2v) is 7.13. The van der Waals surface area contributed by atoms with Crippen molar-refractivity contribution < 1.29 is 14.3 Å². The van der Waals surface area contributed by atoms with E-state index in [9.17, 15) is 4.79 Å². The number of nitrogens with zero attached hydrogens (tertiary/aromatic N) is 2. The molecule has 25 heavy (non-hydrogen) atoms. The molecule has 1 aromatic heterocycles. The standard InChI is InChI=1S/C17H24N4O3S/c1-10(2)15-19-17(21-20-15)25-11(3)16(22)18-9-12-6-7-13(23-4)14(8-12)24-5/h6-8,10-11H,9H2,1-5H3,(H,18,22)(H,19,20,21)/t11-/m0/s1. The Morgan fingerprint density at radius 1 is 1.24 bits per heavy atom. The van der Waals surface area contributed by atoms with Crippen molar-refractivity contribution in [3.8, 4) is 11.5 Å². The molecule has 0 unspecified atom stereocenters. The summed E-state index contributed by atoms with van der Waals surface area (Å²) >= 11 is 1.33. The number of aromatic nitrogens is 3. The second kappa shape index (κ2) is 8.75. The van der Waals surface area contributed by atoms with Crippen molar-refractivity contribution in [2.24, 2.45) is 0 Å². The van der Waals surface area contributed by atoms with Crippen molar-refractivity contribution in [3.05, 3.63) is 29.6 Å². The van der Waals surface area contributed by atoms with Crippen LogP contribution in [0.15, 0.2) is 23.4 Å². The molecule has 1 atom stereocenters. The van der Waals surface area contributed by atoms with Gasteiger partial charge in [-0.3, -0.25) is 9.89 Å². The summed E-state index contributed by atoms with van der Waals surface area (Å²) in [7, 11) is 3.17. The predicted octanol–water partition coefficient (Wildman–Crippen LogP) is 2.74. The van der Waals surface area contributed by atoms with Crippen LogP contribution in [0.3, 0.4) is 0 Å². The highest BCUT2D eigenvalue weighted by Gasteiger charge is 2.17. The number of methoxy groups -OCH3 is 2. The lowest BCUT2D eigenvalue weighted by molar-refractivity contribution is -0.120. The fraction of sp³-hybridized carbons (Fsp3) is 0.471. The molecule has 1 heterocycles. The predicted molar refractivity (Wildman–Crippen MR) is 97.2 cm³/mol. The summed E-state index contributed by atoms with van der Waals surface area (Å²) in [5.74, 6) is 2.32. The molecule has 0 spiro atoms. The molecule has 0 saturated heterocycles. The van der Waals surface area contributed by atoms with Gasteiger partial charge in [0.25, 0.3) is 0 Å². The van der Waals surface area contributed by atoms with E-state index in [4.69, 9.17) is 9.47 Å².